The van der Waals surface area contributed by atoms with Crippen LogP contribution in [0.25, 0.3) is 39.4 Å². The normalized spacial score (nSPS) is 12.6. The lowest BCUT2D eigenvalue weighted by molar-refractivity contribution is -0.141. The van der Waals surface area contributed by atoms with E-state index in [-0.39, 0.29) is 5.82 Å². The smallest absolute Gasteiger partial charge is 0.434 e. The summed E-state index contributed by atoms with van der Waals surface area (Å²) < 4.78 is 60.1. The molecular weight excluding hydrogens is 570 g/mol. The van der Waals surface area contributed by atoms with Crippen molar-refractivity contribution in [3.05, 3.63) is 94.3 Å². The molecular formula is C28H20Cl2F3N3O2S. The maximum absolute atomic E-state index is 13.5. The van der Waals surface area contributed by atoms with Crippen molar-refractivity contribution in [3.8, 4) is 39.4 Å². The molecule has 200 valence electrons. The summed E-state index contributed by atoms with van der Waals surface area (Å²) >= 11 is 12.6. The van der Waals surface area contributed by atoms with Crippen molar-refractivity contribution >= 4 is 34.0 Å². The monoisotopic (exact) mass is 589 g/mol. The highest BCUT2D eigenvalue weighted by Gasteiger charge is 2.35. The molecule has 0 saturated heterocycles. The second kappa shape index (κ2) is 10.3. The van der Waals surface area contributed by atoms with Crippen molar-refractivity contribution in [2.75, 3.05) is 6.26 Å². The lowest BCUT2D eigenvalue weighted by Crippen LogP contribution is -2.05. The maximum atomic E-state index is 13.5. The largest absolute Gasteiger partial charge is 0.440 e. The molecule has 11 heteroatoms. The van der Waals surface area contributed by atoms with E-state index >= 15 is 0 Å². The van der Waals surface area contributed by atoms with E-state index in [1.165, 1.54) is 11.5 Å². The third kappa shape index (κ3) is 5.39. The number of aromatic nitrogens is 3. The molecule has 0 spiro atoms. The van der Waals surface area contributed by atoms with Crippen LogP contribution in [0.5, 0.6) is 0 Å². The second-order valence-electron chi connectivity index (χ2n) is 8.79. The van der Waals surface area contributed by atoms with Crippen LogP contribution < -0.4 is 0 Å². The Morgan fingerprint density at radius 3 is 2.33 bits per heavy atom. The van der Waals surface area contributed by atoms with E-state index in [4.69, 9.17) is 27.6 Å². The molecule has 2 aromatic heterocycles. The van der Waals surface area contributed by atoms with Gasteiger partial charge in [-0.1, -0.05) is 41.4 Å². The molecule has 39 heavy (non-hydrogen) atoms. The van der Waals surface area contributed by atoms with Crippen LogP contribution in [0.3, 0.4) is 0 Å². The van der Waals surface area contributed by atoms with Crippen LogP contribution in [0.1, 0.15) is 17.4 Å². The van der Waals surface area contributed by atoms with E-state index in [0.717, 1.165) is 17.3 Å². The summed E-state index contributed by atoms with van der Waals surface area (Å²) in [5.74, 6) is 0.788. The van der Waals surface area contributed by atoms with Crippen LogP contribution in [-0.2, 0) is 17.0 Å². The maximum Gasteiger partial charge on any atom is 0.434 e. The molecule has 0 saturated carbocycles. The highest BCUT2D eigenvalue weighted by molar-refractivity contribution is 7.84. The molecule has 0 radical (unpaired) electrons. The van der Waals surface area contributed by atoms with E-state index < -0.39 is 22.7 Å². The molecule has 0 bridgehead atoms. The van der Waals surface area contributed by atoms with Gasteiger partial charge in [0.2, 0.25) is 0 Å². The minimum absolute atomic E-state index is 0.141. The lowest BCUT2D eigenvalue weighted by atomic mass is 9.98. The summed E-state index contributed by atoms with van der Waals surface area (Å²) in [5, 5.41) is 0.779. The van der Waals surface area contributed by atoms with Gasteiger partial charge in [-0.25, -0.2) is 9.97 Å². The molecule has 0 N–H and O–H groups in total. The topological polar surface area (TPSA) is 60.9 Å². The molecule has 0 aliphatic carbocycles. The van der Waals surface area contributed by atoms with Gasteiger partial charge < -0.3 is 8.98 Å². The number of rotatable bonds is 5. The van der Waals surface area contributed by atoms with Crippen LogP contribution in [0.2, 0.25) is 10.0 Å². The summed E-state index contributed by atoms with van der Waals surface area (Å²) in [6.07, 6.45) is -2.07. The molecule has 0 amide bonds. The van der Waals surface area contributed by atoms with E-state index in [1.54, 1.807) is 61.7 Å². The number of alkyl halides is 3. The van der Waals surface area contributed by atoms with Gasteiger partial charge in [-0.05, 0) is 60.5 Å². The fraction of sp³-hybridized carbons (Fsp3) is 0.143. The highest BCUT2D eigenvalue weighted by atomic mass is 35.5. The van der Waals surface area contributed by atoms with Gasteiger partial charge in [0.25, 0.3) is 0 Å². The zero-order valence-electron chi connectivity index (χ0n) is 20.8. The van der Waals surface area contributed by atoms with Crippen molar-refractivity contribution in [2.45, 2.75) is 24.9 Å². The van der Waals surface area contributed by atoms with Gasteiger partial charge in [-0.3, -0.25) is 4.21 Å². The van der Waals surface area contributed by atoms with Crippen LogP contribution >= 0.6 is 23.2 Å². The van der Waals surface area contributed by atoms with Crippen molar-refractivity contribution in [2.24, 2.45) is 0 Å². The average molecular weight is 590 g/mol. The Morgan fingerprint density at radius 2 is 1.67 bits per heavy atom. The molecule has 2 heterocycles. The number of nitrogens with zero attached hydrogens (tertiary/aromatic N) is 3. The third-order valence-electron chi connectivity index (χ3n) is 6.09. The van der Waals surface area contributed by atoms with Crippen molar-refractivity contribution in [1.82, 2.24) is 14.5 Å². The predicted octanol–water partition coefficient (Wildman–Crippen LogP) is 8.54. The Kier molecular flexibility index (Phi) is 7.17. The molecule has 3 aromatic carbocycles. The summed E-state index contributed by atoms with van der Waals surface area (Å²) in [5.41, 5.74) is 2.31. The molecule has 1 unspecified atom stereocenters. The van der Waals surface area contributed by atoms with E-state index in [9.17, 15) is 17.4 Å². The molecule has 5 aromatic rings. The minimum Gasteiger partial charge on any atom is -0.440 e. The first-order chi connectivity index (χ1) is 18.4. The molecule has 1 atom stereocenters. The van der Waals surface area contributed by atoms with Crippen molar-refractivity contribution in [1.29, 1.82) is 0 Å². The Hall–Kier alpha value is -3.40. The number of aryl methyl sites for hydroxylation is 2. The first kappa shape index (κ1) is 27.2. The summed E-state index contributed by atoms with van der Waals surface area (Å²) in [6.45, 7) is 3.17. The van der Waals surface area contributed by atoms with Gasteiger partial charge in [-0.15, -0.1) is 0 Å². The Balaban J connectivity index is 1.79. The first-order valence-corrected chi connectivity index (χ1v) is 13.9. The van der Waals surface area contributed by atoms with E-state index in [2.05, 4.69) is 9.97 Å². The molecule has 5 rings (SSSR count). The fourth-order valence-electron chi connectivity index (χ4n) is 4.29. The first-order valence-electron chi connectivity index (χ1n) is 11.6. The van der Waals surface area contributed by atoms with Crippen LogP contribution in [-0.4, -0.2) is 25.0 Å². The number of oxazole rings is 1. The van der Waals surface area contributed by atoms with Gasteiger partial charge in [0.05, 0.1) is 10.7 Å². The number of halogens is 5. The number of hydrogen-bond acceptors (Lipinski definition) is 4. The van der Waals surface area contributed by atoms with Gasteiger partial charge in [0, 0.05) is 51.2 Å². The average Bonchev–Trinajstić information content (AvgIpc) is 3.46. The molecule has 5 nitrogen and oxygen atoms in total. The summed E-state index contributed by atoms with van der Waals surface area (Å²) in [7, 11) is -1.20. The SMILES string of the molecule is Cc1nc(-c2ccc(Cl)cc2Cl)c(-c2cc(-c3cccc(S(C)=O)c3)ccc2-n2cc(C(F)(F)F)nc2C)o1. The van der Waals surface area contributed by atoms with E-state index in [0.29, 0.717) is 49.1 Å². The standard InChI is InChI=1S/C28H20Cl2F3N3O2S/c1-15-34-25(28(31,32)33)14-36(15)24-10-7-18(17-5-4-6-20(11-17)39(3)37)12-22(24)27-26(35-16(2)38-27)21-9-8-19(29)13-23(21)30/h4-14H,1-3H3. The Morgan fingerprint density at radius 1 is 0.923 bits per heavy atom. The summed E-state index contributed by atoms with van der Waals surface area (Å²) in [6, 6.07) is 17.5. The Bertz CT molecular complexity index is 1740. The zero-order chi connectivity index (χ0) is 28.1. The van der Waals surface area contributed by atoms with E-state index in [1.807, 2.05) is 12.1 Å². The number of benzene rings is 3. The van der Waals surface area contributed by atoms with Crippen LogP contribution in [0.15, 0.2) is 76.2 Å². The number of imidazole rings is 1. The lowest BCUT2D eigenvalue weighted by Gasteiger charge is -2.14. The molecule has 0 aliphatic heterocycles. The Labute approximate surface area is 234 Å². The zero-order valence-corrected chi connectivity index (χ0v) is 23.1. The van der Waals surface area contributed by atoms with Crippen LogP contribution in [0, 0.1) is 13.8 Å². The van der Waals surface area contributed by atoms with Gasteiger partial charge in [0.15, 0.2) is 17.3 Å². The third-order valence-corrected chi connectivity index (χ3v) is 7.56. The van der Waals surface area contributed by atoms with Gasteiger partial charge in [-0.2, -0.15) is 13.2 Å². The number of hydrogen-bond donors (Lipinski definition) is 0. The molecule has 0 fully saturated rings. The van der Waals surface area contributed by atoms with Gasteiger partial charge in [0.1, 0.15) is 11.5 Å². The second-order valence-corrected chi connectivity index (χ2v) is 11.0. The van der Waals surface area contributed by atoms with Crippen LogP contribution in [0.4, 0.5) is 13.2 Å². The van der Waals surface area contributed by atoms with Crippen molar-refractivity contribution in [3.63, 3.8) is 0 Å². The fourth-order valence-corrected chi connectivity index (χ4v) is 5.35. The molecule has 0 aliphatic rings. The predicted molar refractivity (Wildman–Crippen MR) is 147 cm³/mol. The van der Waals surface area contributed by atoms with Crippen molar-refractivity contribution < 1.29 is 21.8 Å². The summed E-state index contributed by atoms with van der Waals surface area (Å²) in [4.78, 5) is 8.93. The van der Waals surface area contributed by atoms with Gasteiger partial charge >= 0.3 is 6.18 Å². The highest BCUT2D eigenvalue weighted by Crippen LogP contribution is 2.42. The minimum atomic E-state index is -4.61. The quantitative estimate of drug-likeness (QED) is 0.206.